The molecule has 2 heteroatoms. The average Bonchev–Trinajstić information content (AvgIpc) is 2.34. The van der Waals surface area contributed by atoms with Crippen LogP contribution in [0.4, 0.5) is 0 Å². The van der Waals surface area contributed by atoms with Crippen molar-refractivity contribution in [1.29, 1.82) is 0 Å². The van der Waals surface area contributed by atoms with E-state index in [1.165, 1.54) is 22.3 Å². The van der Waals surface area contributed by atoms with Crippen LogP contribution in [0.25, 0.3) is 22.3 Å². The maximum absolute atomic E-state index is 9.09. The lowest BCUT2D eigenvalue weighted by molar-refractivity contribution is 0.282. The van der Waals surface area contributed by atoms with Crippen molar-refractivity contribution >= 4 is 0 Å². The zero-order chi connectivity index (χ0) is 11.1. The molecule has 0 saturated carbocycles. The molecule has 16 heavy (non-hydrogen) atoms. The molecule has 2 aromatic carbocycles. The highest BCUT2D eigenvalue weighted by molar-refractivity contribution is 6.02. The Balaban J connectivity index is 2.10. The van der Waals surface area contributed by atoms with Gasteiger partial charge < -0.3 is 9.84 Å². The summed E-state index contributed by atoms with van der Waals surface area (Å²) in [5.41, 5.74) is 5.90. The van der Waals surface area contributed by atoms with Gasteiger partial charge in [0.2, 0.25) is 0 Å². The Kier molecular flexibility index (Phi) is 1.98. The molecular formula is C14H12O2. The monoisotopic (exact) mass is 212 g/mol. The molecule has 0 atom stereocenters. The van der Waals surface area contributed by atoms with Crippen LogP contribution in [0.5, 0.6) is 5.75 Å². The van der Waals surface area contributed by atoms with Gasteiger partial charge in [0.25, 0.3) is 0 Å². The van der Waals surface area contributed by atoms with Crippen molar-refractivity contribution in [2.75, 3.05) is 7.11 Å². The van der Waals surface area contributed by atoms with Crippen molar-refractivity contribution in [2.45, 2.75) is 6.61 Å². The summed E-state index contributed by atoms with van der Waals surface area (Å²) in [5, 5.41) is 9.09. The molecule has 0 spiro atoms. The molecule has 0 unspecified atom stereocenters. The van der Waals surface area contributed by atoms with E-state index >= 15 is 0 Å². The van der Waals surface area contributed by atoms with Crippen molar-refractivity contribution in [2.24, 2.45) is 0 Å². The molecule has 1 N–H and O–H groups in total. The second-order valence-electron chi connectivity index (χ2n) is 3.95. The van der Waals surface area contributed by atoms with E-state index in [-0.39, 0.29) is 6.61 Å². The summed E-state index contributed by atoms with van der Waals surface area (Å²) in [4.78, 5) is 0. The van der Waals surface area contributed by atoms with Crippen LogP contribution < -0.4 is 4.74 Å². The number of hydrogen-bond acceptors (Lipinski definition) is 2. The van der Waals surface area contributed by atoms with Gasteiger partial charge in [0.05, 0.1) is 13.7 Å². The zero-order valence-corrected chi connectivity index (χ0v) is 9.03. The summed E-state index contributed by atoms with van der Waals surface area (Å²) in [6.45, 7) is 0.0960. The van der Waals surface area contributed by atoms with Gasteiger partial charge in [-0.05, 0) is 46.0 Å². The molecule has 0 saturated heterocycles. The fraction of sp³-hybridized carbons (Fsp3) is 0.143. The van der Waals surface area contributed by atoms with E-state index in [1.807, 2.05) is 18.2 Å². The SMILES string of the molecule is COc1ccc2c(c1)-c1ccc(CO)cc1-2. The normalized spacial score (nSPS) is 11.4. The van der Waals surface area contributed by atoms with E-state index in [2.05, 4.69) is 18.2 Å². The molecule has 0 aliphatic heterocycles. The Bertz CT molecular complexity index is 493. The Morgan fingerprint density at radius 3 is 2.31 bits per heavy atom. The second-order valence-corrected chi connectivity index (χ2v) is 3.95. The Hall–Kier alpha value is -1.80. The van der Waals surface area contributed by atoms with Crippen LogP contribution in [0.2, 0.25) is 0 Å². The van der Waals surface area contributed by atoms with Gasteiger partial charge in [0.15, 0.2) is 0 Å². The standard InChI is InChI=1S/C14H12O2/c1-16-10-3-5-12-13-6-9(8-15)2-4-11(13)14(12)7-10/h2-7,15H,8H2,1H3. The van der Waals surface area contributed by atoms with Crippen LogP contribution in [0, 0.1) is 0 Å². The third kappa shape index (κ3) is 1.17. The lowest BCUT2D eigenvalue weighted by atomic mass is 9.80. The van der Waals surface area contributed by atoms with Crippen LogP contribution in [-0.2, 0) is 6.61 Å². The van der Waals surface area contributed by atoms with Gasteiger partial charge in [-0.2, -0.15) is 0 Å². The predicted octanol–water partition coefficient (Wildman–Crippen LogP) is 2.83. The summed E-state index contributed by atoms with van der Waals surface area (Å²) in [6.07, 6.45) is 0. The topological polar surface area (TPSA) is 29.5 Å². The minimum atomic E-state index is 0.0960. The van der Waals surface area contributed by atoms with Crippen molar-refractivity contribution < 1.29 is 9.84 Å². The minimum Gasteiger partial charge on any atom is -0.497 e. The summed E-state index contributed by atoms with van der Waals surface area (Å²) >= 11 is 0. The van der Waals surface area contributed by atoms with E-state index < -0.39 is 0 Å². The number of rotatable bonds is 2. The van der Waals surface area contributed by atoms with Crippen LogP contribution in [0.1, 0.15) is 5.56 Å². The molecule has 0 amide bonds. The molecule has 80 valence electrons. The average molecular weight is 212 g/mol. The molecule has 0 heterocycles. The maximum atomic E-state index is 9.09. The Labute approximate surface area is 94.1 Å². The van der Waals surface area contributed by atoms with Crippen LogP contribution in [-0.4, -0.2) is 12.2 Å². The van der Waals surface area contributed by atoms with Gasteiger partial charge in [-0.25, -0.2) is 0 Å². The number of methoxy groups -OCH3 is 1. The lowest BCUT2D eigenvalue weighted by Crippen LogP contribution is -2.00. The molecule has 0 aromatic heterocycles. The highest BCUT2D eigenvalue weighted by Gasteiger charge is 2.22. The van der Waals surface area contributed by atoms with Gasteiger partial charge in [-0.15, -0.1) is 0 Å². The fourth-order valence-corrected chi connectivity index (χ4v) is 2.19. The number of hydrogen-bond donors (Lipinski definition) is 1. The van der Waals surface area contributed by atoms with Crippen molar-refractivity contribution in [3.8, 4) is 28.0 Å². The molecule has 3 rings (SSSR count). The first-order valence-electron chi connectivity index (χ1n) is 5.26. The highest BCUT2D eigenvalue weighted by Crippen LogP contribution is 2.48. The van der Waals surface area contributed by atoms with E-state index in [0.29, 0.717) is 0 Å². The van der Waals surface area contributed by atoms with Crippen molar-refractivity contribution in [3.63, 3.8) is 0 Å². The predicted molar refractivity (Wildman–Crippen MR) is 63.3 cm³/mol. The summed E-state index contributed by atoms with van der Waals surface area (Å²) in [6, 6.07) is 12.1. The summed E-state index contributed by atoms with van der Waals surface area (Å²) < 4.78 is 5.20. The lowest BCUT2D eigenvalue weighted by Gasteiger charge is -2.24. The third-order valence-corrected chi connectivity index (χ3v) is 3.07. The zero-order valence-electron chi connectivity index (χ0n) is 9.03. The number of ether oxygens (including phenoxy) is 1. The molecule has 0 radical (unpaired) electrons. The van der Waals surface area contributed by atoms with E-state index in [1.54, 1.807) is 7.11 Å². The Morgan fingerprint density at radius 2 is 1.62 bits per heavy atom. The first-order valence-corrected chi connectivity index (χ1v) is 5.26. The molecule has 2 nitrogen and oxygen atoms in total. The van der Waals surface area contributed by atoms with Gasteiger partial charge >= 0.3 is 0 Å². The highest BCUT2D eigenvalue weighted by atomic mass is 16.5. The largest absolute Gasteiger partial charge is 0.497 e. The van der Waals surface area contributed by atoms with Crippen molar-refractivity contribution in [1.82, 2.24) is 0 Å². The first kappa shape index (κ1) is 9.43. The summed E-state index contributed by atoms with van der Waals surface area (Å²) in [5.74, 6) is 0.885. The van der Waals surface area contributed by atoms with Crippen LogP contribution in [0.3, 0.4) is 0 Å². The second kappa shape index (κ2) is 3.35. The molecule has 0 fully saturated rings. The smallest absolute Gasteiger partial charge is 0.119 e. The molecule has 2 aromatic rings. The number of fused-ring (bicyclic) bond motifs is 4. The van der Waals surface area contributed by atoms with Crippen molar-refractivity contribution in [3.05, 3.63) is 42.0 Å². The molecule has 1 aliphatic rings. The fourth-order valence-electron chi connectivity index (χ4n) is 2.19. The van der Waals surface area contributed by atoms with Crippen LogP contribution in [0.15, 0.2) is 36.4 Å². The van der Waals surface area contributed by atoms with Gasteiger partial charge in [-0.1, -0.05) is 18.2 Å². The van der Waals surface area contributed by atoms with E-state index in [9.17, 15) is 0 Å². The van der Waals surface area contributed by atoms with Gasteiger partial charge in [-0.3, -0.25) is 0 Å². The van der Waals surface area contributed by atoms with E-state index in [0.717, 1.165) is 11.3 Å². The third-order valence-electron chi connectivity index (χ3n) is 3.07. The van der Waals surface area contributed by atoms with Crippen LogP contribution >= 0.6 is 0 Å². The molecule has 0 bridgehead atoms. The van der Waals surface area contributed by atoms with Gasteiger partial charge in [0, 0.05) is 0 Å². The number of aliphatic hydroxyl groups is 1. The first-order chi connectivity index (χ1) is 7.83. The van der Waals surface area contributed by atoms with E-state index in [4.69, 9.17) is 9.84 Å². The minimum absolute atomic E-state index is 0.0960. The number of benzene rings is 2. The Morgan fingerprint density at radius 1 is 0.938 bits per heavy atom. The maximum Gasteiger partial charge on any atom is 0.119 e. The summed E-state index contributed by atoms with van der Waals surface area (Å²) in [7, 11) is 1.68. The molecule has 1 aliphatic carbocycles. The molecular weight excluding hydrogens is 200 g/mol. The number of aliphatic hydroxyl groups excluding tert-OH is 1. The van der Waals surface area contributed by atoms with Gasteiger partial charge in [0.1, 0.15) is 5.75 Å². The quantitative estimate of drug-likeness (QED) is 0.707.